The molecule has 0 N–H and O–H groups in total. The average molecular weight is 444 g/mol. The molecule has 1 aliphatic rings. The molecule has 2 aromatic carbocycles. The Labute approximate surface area is 167 Å². The summed E-state index contributed by atoms with van der Waals surface area (Å²) in [5, 5.41) is 0. The second kappa shape index (κ2) is 7.81. The smallest absolute Gasteiger partial charge is 0.259 e. The third-order valence-corrected chi connectivity index (χ3v) is 7.60. The molecule has 0 radical (unpaired) electrons. The van der Waals surface area contributed by atoms with E-state index in [0.717, 1.165) is 23.3 Å². The molecule has 3 rings (SSSR count). The molecule has 0 aliphatic carbocycles. The summed E-state index contributed by atoms with van der Waals surface area (Å²) in [4.78, 5) is 13.1. The summed E-state index contributed by atoms with van der Waals surface area (Å²) < 4.78 is 78.4. The summed E-state index contributed by atoms with van der Waals surface area (Å²) in [7, 11) is -7.75. The number of carbonyl (C=O) groups is 1. The first-order valence-electron chi connectivity index (χ1n) is 8.56. The summed E-state index contributed by atoms with van der Waals surface area (Å²) in [6, 6.07) is 9.26. The summed E-state index contributed by atoms with van der Waals surface area (Å²) in [5.41, 5.74) is -0.965. The van der Waals surface area contributed by atoms with E-state index in [0.29, 0.717) is 0 Å². The Morgan fingerprint density at radius 2 is 1.48 bits per heavy atom. The van der Waals surface area contributed by atoms with Crippen molar-refractivity contribution in [1.29, 1.82) is 0 Å². The summed E-state index contributed by atoms with van der Waals surface area (Å²) >= 11 is 0. The number of halogens is 2. The van der Waals surface area contributed by atoms with Crippen molar-refractivity contribution in [2.24, 2.45) is 0 Å². The van der Waals surface area contributed by atoms with Gasteiger partial charge in [0.15, 0.2) is 15.7 Å². The van der Waals surface area contributed by atoms with Gasteiger partial charge in [0.1, 0.15) is 16.3 Å². The van der Waals surface area contributed by atoms with Crippen LogP contribution in [0.2, 0.25) is 0 Å². The van der Waals surface area contributed by atoms with Gasteiger partial charge in [0.05, 0.1) is 4.90 Å². The highest BCUT2D eigenvalue weighted by Gasteiger charge is 2.33. The number of sulfone groups is 1. The van der Waals surface area contributed by atoms with E-state index in [1.165, 1.54) is 16.4 Å². The van der Waals surface area contributed by atoms with Crippen molar-refractivity contribution >= 4 is 25.8 Å². The average Bonchev–Trinajstić information content (AvgIpc) is 2.67. The lowest BCUT2D eigenvalue weighted by molar-refractivity contribution is 0.0687. The van der Waals surface area contributed by atoms with Crippen molar-refractivity contribution in [2.75, 3.05) is 32.4 Å². The van der Waals surface area contributed by atoms with Crippen LogP contribution in [-0.4, -0.2) is 64.4 Å². The number of benzene rings is 2. The lowest BCUT2D eigenvalue weighted by atomic mass is 10.1. The van der Waals surface area contributed by atoms with Crippen molar-refractivity contribution < 1.29 is 30.4 Å². The Morgan fingerprint density at radius 3 is 2.03 bits per heavy atom. The molecular formula is C18H18F2N2O5S2. The van der Waals surface area contributed by atoms with Gasteiger partial charge in [-0.1, -0.05) is 18.2 Å². The number of rotatable bonds is 4. The standard InChI is InChI=1S/C18H18F2N2O5S2/c1-28(24,25)15-8-7-14(19)16(17(15)20)18(23)21-9-11-22(12-10-21)29(26,27)13-5-3-2-4-6-13/h2-8H,9-12H2,1H3. The van der Waals surface area contributed by atoms with Crippen LogP contribution in [0.1, 0.15) is 10.4 Å². The van der Waals surface area contributed by atoms with Crippen LogP contribution in [0.15, 0.2) is 52.3 Å². The van der Waals surface area contributed by atoms with Crippen LogP contribution in [0, 0.1) is 11.6 Å². The molecule has 7 nitrogen and oxygen atoms in total. The number of hydrogen-bond acceptors (Lipinski definition) is 5. The predicted molar refractivity (Wildman–Crippen MR) is 101 cm³/mol. The Bertz CT molecular complexity index is 1140. The summed E-state index contributed by atoms with van der Waals surface area (Å²) in [5.74, 6) is -3.65. The quantitative estimate of drug-likeness (QED) is 0.667. The van der Waals surface area contributed by atoms with Crippen LogP contribution in [0.25, 0.3) is 0 Å². The van der Waals surface area contributed by atoms with Gasteiger partial charge in [-0.3, -0.25) is 4.79 Å². The first-order valence-corrected chi connectivity index (χ1v) is 11.9. The van der Waals surface area contributed by atoms with Crippen LogP contribution in [0.4, 0.5) is 8.78 Å². The second-order valence-electron chi connectivity index (χ2n) is 6.52. The van der Waals surface area contributed by atoms with Crippen molar-refractivity contribution in [3.8, 4) is 0 Å². The van der Waals surface area contributed by atoms with Crippen molar-refractivity contribution in [1.82, 2.24) is 9.21 Å². The van der Waals surface area contributed by atoms with E-state index in [-0.39, 0.29) is 31.1 Å². The third kappa shape index (κ3) is 4.16. The molecule has 1 fully saturated rings. The lowest BCUT2D eigenvalue weighted by Crippen LogP contribution is -2.50. The Balaban J connectivity index is 1.81. The van der Waals surface area contributed by atoms with E-state index >= 15 is 0 Å². The number of sulfonamides is 1. The van der Waals surface area contributed by atoms with Gasteiger partial charge in [-0.25, -0.2) is 25.6 Å². The van der Waals surface area contributed by atoms with Crippen LogP contribution >= 0.6 is 0 Å². The molecule has 2 aromatic rings. The SMILES string of the molecule is CS(=O)(=O)c1ccc(F)c(C(=O)N2CCN(S(=O)(=O)c3ccccc3)CC2)c1F. The maximum atomic E-state index is 14.5. The van der Waals surface area contributed by atoms with Gasteiger partial charge in [-0.15, -0.1) is 0 Å². The molecular weight excluding hydrogens is 426 g/mol. The zero-order valence-corrected chi connectivity index (χ0v) is 17.0. The van der Waals surface area contributed by atoms with Gasteiger partial charge in [0.2, 0.25) is 10.0 Å². The van der Waals surface area contributed by atoms with Crippen molar-refractivity contribution in [2.45, 2.75) is 9.79 Å². The van der Waals surface area contributed by atoms with Gasteiger partial charge in [-0.2, -0.15) is 4.31 Å². The van der Waals surface area contributed by atoms with Crippen LogP contribution in [0.5, 0.6) is 0 Å². The molecule has 0 atom stereocenters. The molecule has 0 spiro atoms. The second-order valence-corrected chi connectivity index (χ2v) is 10.4. The van der Waals surface area contributed by atoms with Gasteiger partial charge < -0.3 is 4.90 Å². The van der Waals surface area contributed by atoms with Gasteiger partial charge in [0.25, 0.3) is 5.91 Å². The molecule has 1 amide bonds. The molecule has 29 heavy (non-hydrogen) atoms. The van der Waals surface area contributed by atoms with Crippen LogP contribution < -0.4 is 0 Å². The highest BCUT2D eigenvalue weighted by atomic mass is 32.2. The highest BCUT2D eigenvalue weighted by Crippen LogP contribution is 2.24. The third-order valence-electron chi connectivity index (χ3n) is 4.58. The monoisotopic (exact) mass is 444 g/mol. The maximum Gasteiger partial charge on any atom is 0.259 e. The summed E-state index contributed by atoms with van der Waals surface area (Å²) in [6.07, 6.45) is 0.755. The number of amides is 1. The molecule has 1 aliphatic heterocycles. The molecule has 1 saturated heterocycles. The fourth-order valence-corrected chi connectivity index (χ4v) is 5.23. The molecule has 156 valence electrons. The molecule has 0 unspecified atom stereocenters. The molecule has 11 heteroatoms. The highest BCUT2D eigenvalue weighted by molar-refractivity contribution is 7.90. The Kier molecular flexibility index (Phi) is 5.74. The topological polar surface area (TPSA) is 91.8 Å². The number of hydrogen-bond donors (Lipinski definition) is 0. The number of piperazine rings is 1. The van der Waals surface area contributed by atoms with E-state index in [4.69, 9.17) is 0 Å². The van der Waals surface area contributed by atoms with Gasteiger partial charge >= 0.3 is 0 Å². The molecule has 0 saturated carbocycles. The van der Waals surface area contributed by atoms with E-state index < -0.39 is 47.9 Å². The minimum atomic E-state index is -4.00. The van der Waals surface area contributed by atoms with E-state index in [1.807, 2.05) is 0 Å². The zero-order chi connectivity index (χ0) is 21.4. The largest absolute Gasteiger partial charge is 0.336 e. The lowest BCUT2D eigenvalue weighted by Gasteiger charge is -2.34. The number of carbonyl (C=O) groups excluding carboxylic acids is 1. The Hall–Kier alpha value is -2.37. The van der Waals surface area contributed by atoms with Crippen LogP contribution in [0.3, 0.4) is 0 Å². The van der Waals surface area contributed by atoms with E-state index in [2.05, 4.69) is 0 Å². The van der Waals surface area contributed by atoms with Gasteiger partial charge in [0, 0.05) is 32.4 Å². The number of nitrogens with zero attached hydrogens (tertiary/aromatic N) is 2. The molecule has 1 heterocycles. The molecule has 0 aromatic heterocycles. The van der Waals surface area contributed by atoms with E-state index in [1.54, 1.807) is 18.2 Å². The summed E-state index contributed by atoms with van der Waals surface area (Å²) in [6.45, 7) is -0.296. The normalized spacial score (nSPS) is 16.0. The fraction of sp³-hybridized carbons (Fsp3) is 0.278. The van der Waals surface area contributed by atoms with Crippen LogP contribution in [-0.2, 0) is 19.9 Å². The minimum Gasteiger partial charge on any atom is -0.336 e. The van der Waals surface area contributed by atoms with E-state index in [9.17, 15) is 30.4 Å². The first kappa shape index (κ1) is 21.3. The first-order chi connectivity index (χ1) is 13.5. The molecule has 0 bridgehead atoms. The van der Waals surface area contributed by atoms with Gasteiger partial charge in [-0.05, 0) is 24.3 Å². The Morgan fingerprint density at radius 1 is 0.897 bits per heavy atom. The zero-order valence-electron chi connectivity index (χ0n) is 15.4. The van der Waals surface area contributed by atoms with Crippen molar-refractivity contribution in [3.05, 3.63) is 59.7 Å². The van der Waals surface area contributed by atoms with Crippen molar-refractivity contribution in [3.63, 3.8) is 0 Å². The maximum absolute atomic E-state index is 14.5. The predicted octanol–water partition coefficient (Wildman–Crippen LogP) is 1.52. The fourth-order valence-electron chi connectivity index (χ4n) is 3.05. The minimum absolute atomic E-state index is 0.0576.